The van der Waals surface area contributed by atoms with Crippen LogP contribution in [0.15, 0.2) is 18.2 Å². The van der Waals surface area contributed by atoms with E-state index in [4.69, 9.17) is 21.8 Å². The number of nitrogens with zero attached hydrogens (tertiary/aromatic N) is 1. The fraction of sp³-hybridized carbons (Fsp3) is 0.273. The zero-order valence-electron chi connectivity index (χ0n) is 10.1. The van der Waals surface area contributed by atoms with Crippen molar-refractivity contribution in [1.82, 2.24) is 5.32 Å². The monoisotopic (exact) mass is 302 g/mol. The van der Waals surface area contributed by atoms with Gasteiger partial charge >= 0.3 is 5.97 Å². The van der Waals surface area contributed by atoms with Crippen molar-refractivity contribution >= 4 is 29.2 Å². The molecule has 0 aliphatic heterocycles. The Morgan fingerprint density at radius 1 is 1.45 bits per heavy atom. The highest BCUT2D eigenvalue weighted by Gasteiger charge is 2.20. The molecule has 0 fully saturated rings. The molecule has 1 rings (SSSR count). The van der Waals surface area contributed by atoms with E-state index in [1.165, 1.54) is 12.1 Å². The number of carboxylic acid groups (broad SMARTS) is 1. The van der Waals surface area contributed by atoms with E-state index in [2.05, 4.69) is 5.32 Å². The average molecular weight is 303 g/mol. The number of carboxylic acids is 1. The Labute approximate surface area is 118 Å². The first kappa shape index (κ1) is 15.9. The molecule has 0 saturated heterocycles. The number of nitro groups is 1. The molecule has 0 aromatic heterocycles. The van der Waals surface area contributed by atoms with Gasteiger partial charge < -0.3 is 15.5 Å². The Bertz CT molecular complexity index is 548. The van der Waals surface area contributed by atoms with Crippen molar-refractivity contribution in [3.05, 3.63) is 38.9 Å². The number of benzene rings is 1. The number of carbonyl (C=O) groups excluding carboxylic acids is 1. The van der Waals surface area contributed by atoms with Crippen LogP contribution in [0.2, 0.25) is 5.02 Å². The molecule has 20 heavy (non-hydrogen) atoms. The maximum Gasteiger partial charge on any atom is 0.332 e. The third-order valence-electron chi connectivity index (χ3n) is 2.41. The van der Waals surface area contributed by atoms with E-state index in [1.54, 1.807) is 0 Å². The van der Waals surface area contributed by atoms with Gasteiger partial charge in [0.1, 0.15) is 5.02 Å². The summed E-state index contributed by atoms with van der Waals surface area (Å²) >= 11 is 5.74. The van der Waals surface area contributed by atoms with Crippen LogP contribution in [0.25, 0.3) is 0 Å². The van der Waals surface area contributed by atoms with Gasteiger partial charge in [0.05, 0.1) is 10.5 Å². The standard InChI is InChI=1S/C11H11ClN2O6/c12-9-6(2-1-3-7(9)14(19)20)10(16)13-5-4-8(15)11(17)18/h1-3,8,15H,4-5H2,(H,13,16)(H,17,18). The third kappa shape index (κ3) is 3.90. The van der Waals surface area contributed by atoms with Gasteiger partial charge in [0, 0.05) is 19.0 Å². The minimum absolute atomic E-state index is 0.0920. The number of aliphatic hydroxyl groups is 1. The van der Waals surface area contributed by atoms with Crippen molar-refractivity contribution in [2.75, 3.05) is 6.54 Å². The van der Waals surface area contributed by atoms with E-state index in [-0.39, 0.29) is 23.6 Å². The van der Waals surface area contributed by atoms with Crippen LogP contribution in [0.1, 0.15) is 16.8 Å². The topological polar surface area (TPSA) is 130 Å². The van der Waals surface area contributed by atoms with Crippen molar-refractivity contribution < 1.29 is 24.7 Å². The van der Waals surface area contributed by atoms with Crippen LogP contribution in [0.3, 0.4) is 0 Å². The maximum atomic E-state index is 11.7. The van der Waals surface area contributed by atoms with E-state index < -0.39 is 28.6 Å². The molecule has 0 aliphatic rings. The Balaban J connectivity index is 2.71. The van der Waals surface area contributed by atoms with Crippen molar-refractivity contribution in [2.24, 2.45) is 0 Å². The van der Waals surface area contributed by atoms with Gasteiger partial charge in [-0.1, -0.05) is 17.7 Å². The molecule has 1 unspecified atom stereocenters. The first-order valence-electron chi connectivity index (χ1n) is 5.46. The highest BCUT2D eigenvalue weighted by Crippen LogP contribution is 2.27. The number of nitro benzene ring substituents is 1. The Morgan fingerprint density at radius 3 is 2.65 bits per heavy atom. The second-order valence-electron chi connectivity index (χ2n) is 3.79. The van der Waals surface area contributed by atoms with E-state index >= 15 is 0 Å². The van der Waals surface area contributed by atoms with Gasteiger partial charge in [-0.3, -0.25) is 14.9 Å². The van der Waals surface area contributed by atoms with Crippen LogP contribution in [0.4, 0.5) is 5.69 Å². The summed E-state index contributed by atoms with van der Waals surface area (Å²) in [5.41, 5.74) is -0.490. The Morgan fingerprint density at radius 2 is 2.10 bits per heavy atom. The Hall–Kier alpha value is -2.19. The summed E-state index contributed by atoms with van der Waals surface area (Å²) < 4.78 is 0. The normalized spacial score (nSPS) is 11.7. The summed E-state index contributed by atoms with van der Waals surface area (Å²) in [5.74, 6) is -2.08. The SMILES string of the molecule is O=C(NCCC(O)C(=O)O)c1cccc([N+](=O)[O-])c1Cl. The second kappa shape index (κ2) is 6.83. The predicted octanol–water partition coefficient (Wildman–Crippen LogP) is 0.814. The average Bonchev–Trinajstić information content (AvgIpc) is 2.38. The van der Waals surface area contributed by atoms with Gasteiger partial charge in [-0.15, -0.1) is 0 Å². The summed E-state index contributed by atoms with van der Waals surface area (Å²) in [6.07, 6.45) is -1.77. The molecule has 0 bridgehead atoms. The van der Waals surface area contributed by atoms with E-state index in [0.29, 0.717) is 0 Å². The summed E-state index contributed by atoms with van der Waals surface area (Å²) in [4.78, 5) is 32.1. The van der Waals surface area contributed by atoms with Crippen LogP contribution in [-0.4, -0.2) is 39.7 Å². The highest BCUT2D eigenvalue weighted by molar-refractivity contribution is 6.35. The summed E-state index contributed by atoms with van der Waals surface area (Å²) in [5, 5.41) is 30.2. The number of amides is 1. The molecule has 0 heterocycles. The molecule has 0 aliphatic carbocycles. The lowest BCUT2D eigenvalue weighted by Gasteiger charge is -2.08. The third-order valence-corrected chi connectivity index (χ3v) is 2.81. The van der Waals surface area contributed by atoms with Crippen molar-refractivity contribution in [1.29, 1.82) is 0 Å². The quantitative estimate of drug-likeness (QED) is 0.526. The van der Waals surface area contributed by atoms with Crippen molar-refractivity contribution in [2.45, 2.75) is 12.5 Å². The lowest BCUT2D eigenvalue weighted by Crippen LogP contribution is -2.30. The van der Waals surface area contributed by atoms with E-state index in [9.17, 15) is 19.7 Å². The molecule has 0 spiro atoms. The zero-order chi connectivity index (χ0) is 15.3. The summed E-state index contributed by atoms with van der Waals surface area (Å²) in [7, 11) is 0. The van der Waals surface area contributed by atoms with Gasteiger partial charge in [-0.25, -0.2) is 4.79 Å². The minimum Gasteiger partial charge on any atom is -0.479 e. The molecular weight excluding hydrogens is 292 g/mol. The molecule has 1 aromatic carbocycles. The number of halogens is 1. The lowest BCUT2D eigenvalue weighted by molar-refractivity contribution is -0.384. The molecule has 8 nitrogen and oxygen atoms in total. The number of carbonyl (C=O) groups is 2. The molecule has 3 N–H and O–H groups in total. The van der Waals surface area contributed by atoms with Crippen molar-refractivity contribution in [3.8, 4) is 0 Å². The molecule has 1 atom stereocenters. The predicted molar refractivity (Wildman–Crippen MR) is 68.7 cm³/mol. The van der Waals surface area contributed by atoms with Crippen molar-refractivity contribution in [3.63, 3.8) is 0 Å². The number of nitrogens with one attached hydrogen (secondary N) is 1. The molecule has 1 amide bonds. The maximum absolute atomic E-state index is 11.7. The zero-order valence-corrected chi connectivity index (χ0v) is 10.8. The number of hydrogen-bond acceptors (Lipinski definition) is 5. The number of aliphatic carboxylic acids is 1. The van der Waals surface area contributed by atoms with Gasteiger partial charge in [0.15, 0.2) is 6.10 Å². The second-order valence-corrected chi connectivity index (χ2v) is 4.17. The fourth-order valence-electron chi connectivity index (χ4n) is 1.38. The number of rotatable bonds is 6. The number of aliphatic hydroxyl groups excluding tert-OH is 1. The lowest BCUT2D eigenvalue weighted by atomic mass is 10.2. The molecule has 9 heteroatoms. The smallest absolute Gasteiger partial charge is 0.332 e. The molecule has 108 valence electrons. The van der Waals surface area contributed by atoms with Gasteiger partial charge in [0.25, 0.3) is 11.6 Å². The molecule has 0 saturated carbocycles. The van der Waals surface area contributed by atoms with Gasteiger partial charge in [-0.05, 0) is 6.07 Å². The number of hydrogen-bond donors (Lipinski definition) is 3. The highest BCUT2D eigenvalue weighted by atomic mass is 35.5. The minimum atomic E-state index is -1.59. The van der Waals surface area contributed by atoms with Crippen LogP contribution in [0, 0.1) is 10.1 Å². The van der Waals surface area contributed by atoms with Crippen LogP contribution >= 0.6 is 11.6 Å². The Kier molecular flexibility index (Phi) is 5.42. The van der Waals surface area contributed by atoms with Crippen LogP contribution in [0.5, 0.6) is 0 Å². The van der Waals surface area contributed by atoms with Crippen LogP contribution in [-0.2, 0) is 4.79 Å². The molecule has 0 radical (unpaired) electrons. The van der Waals surface area contributed by atoms with Gasteiger partial charge in [-0.2, -0.15) is 0 Å². The molecular formula is C11H11ClN2O6. The van der Waals surface area contributed by atoms with Crippen LogP contribution < -0.4 is 5.32 Å². The first-order valence-corrected chi connectivity index (χ1v) is 5.84. The van der Waals surface area contributed by atoms with E-state index in [0.717, 1.165) is 6.07 Å². The van der Waals surface area contributed by atoms with E-state index in [1.807, 2.05) is 0 Å². The van der Waals surface area contributed by atoms with Gasteiger partial charge in [0.2, 0.25) is 0 Å². The largest absolute Gasteiger partial charge is 0.479 e. The first-order chi connectivity index (χ1) is 9.34. The summed E-state index contributed by atoms with van der Waals surface area (Å²) in [6.45, 7) is -0.106. The fourth-order valence-corrected chi connectivity index (χ4v) is 1.66. The summed E-state index contributed by atoms with van der Waals surface area (Å²) in [6, 6.07) is 3.77. The molecule has 1 aromatic rings.